The molecule has 0 aliphatic rings. The highest BCUT2D eigenvalue weighted by molar-refractivity contribution is 6.30. The molecule has 1 rings (SSSR count). The Morgan fingerprint density at radius 1 is 1.20 bits per heavy atom. The first kappa shape index (κ1) is 17.3. The molecule has 1 aromatic carbocycles. The van der Waals surface area contributed by atoms with Crippen molar-refractivity contribution in [2.45, 2.75) is 46.2 Å². The molecular formula is C16H26ClNO2. The van der Waals surface area contributed by atoms with Gasteiger partial charge in [-0.25, -0.2) is 0 Å². The average Bonchev–Trinajstić information content (AvgIpc) is 2.37. The number of halogens is 1. The summed E-state index contributed by atoms with van der Waals surface area (Å²) in [5.74, 6) is 0.891. The van der Waals surface area contributed by atoms with Gasteiger partial charge >= 0.3 is 0 Å². The van der Waals surface area contributed by atoms with Gasteiger partial charge in [0.25, 0.3) is 0 Å². The highest BCUT2D eigenvalue weighted by atomic mass is 35.5. The summed E-state index contributed by atoms with van der Waals surface area (Å²) in [7, 11) is 0. The Labute approximate surface area is 127 Å². The zero-order valence-electron chi connectivity index (χ0n) is 13.0. The predicted octanol–water partition coefficient (Wildman–Crippen LogP) is 4.03. The number of benzene rings is 1. The summed E-state index contributed by atoms with van der Waals surface area (Å²) in [6, 6.07) is 5.75. The monoisotopic (exact) mass is 299 g/mol. The zero-order chi connectivity index (χ0) is 15.0. The maximum Gasteiger partial charge on any atom is 0.123 e. The number of hydrogen-bond acceptors (Lipinski definition) is 3. The molecule has 1 N–H and O–H groups in total. The van der Waals surface area contributed by atoms with E-state index < -0.39 is 0 Å². The maximum atomic E-state index is 6.07. The topological polar surface area (TPSA) is 30.5 Å². The van der Waals surface area contributed by atoms with Crippen LogP contribution >= 0.6 is 11.6 Å². The van der Waals surface area contributed by atoms with E-state index in [9.17, 15) is 0 Å². The minimum atomic E-state index is 0.0640. The summed E-state index contributed by atoms with van der Waals surface area (Å²) in [5, 5.41) is 4.19. The lowest BCUT2D eigenvalue weighted by atomic mass is 10.1. The Bertz CT molecular complexity index is 402. The van der Waals surface area contributed by atoms with Crippen LogP contribution < -0.4 is 10.1 Å². The predicted molar refractivity (Wildman–Crippen MR) is 84.6 cm³/mol. The minimum Gasteiger partial charge on any atom is -0.493 e. The molecule has 0 radical (unpaired) electrons. The first-order chi connectivity index (χ1) is 9.42. The van der Waals surface area contributed by atoms with E-state index in [1.807, 2.05) is 25.1 Å². The summed E-state index contributed by atoms with van der Waals surface area (Å²) in [6.07, 6.45) is 0.891. The highest BCUT2D eigenvalue weighted by Crippen LogP contribution is 2.23. The lowest BCUT2D eigenvalue weighted by molar-refractivity contribution is 0.130. The molecule has 3 nitrogen and oxygen atoms in total. The van der Waals surface area contributed by atoms with Crippen molar-refractivity contribution in [3.05, 3.63) is 28.8 Å². The molecule has 1 aromatic rings. The van der Waals surface area contributed by atoms with Crippen LogP contribution in [-0.4, -0.2) is 25.4 Å². The third-order valence-electron chi connectivity index (χ3n) is 2.73. The zero-order valence-corrected chi connectivity index (χ0v) is 13.7. The van der Waals surface area contributed by atoms with Gasteiger partial charge in [-0.05, 0) is 45.9 Å². The van der Waals surface area contributed by atoms with Crippen LogP contribution in [0.25, 0.3) is 0 Å². The lowest BCUT2D eigenvalue weighted by Gasteiger charge is -2.22. The molecule has 0 atom stereocenters. The second-order valence-corrected chi connectivity index (χ2v) is 6.19. The van der Waals surface area contributed by atoms with Crippen LogP contribution in [0.2, 0.25) is 5.02 Å². The van der Waals surface area contributed by atoms with Crippen molar-refractivity contribution < 1.29 is 9.47 Å². The van der Waals surface area contributed by atoms with Crippen LogP contribution in [0.15, 0.2) is 18.2 Å². The fourth-order valence-corrected chi connectivity index (χ4v) is 1.87. The van der Waals surface area contributed by atoms with Crippen molar-refractivity contribution in [3.8, 4) is 5.75 Å². The van der Waals surface area contributed by atoms with E-state index in [1.54, 1.807) is 0 Å². The van der Waals surface area contributed by atoms with E-state index in [-0.39, 0.29) is 5.54 Å². The molecule has 0 amide bonds. The van der Waals surface area contributed by atoms with E-state index in [0.717, 1.165) is 42.5 Å². The third-order valence-corrected chi connectivity index (χ3v) is 2.96. The normalized spacial score (nSPS) is 11.7. The summed E-state index contributed by atoms with van der Waals surface area (Å²) >= 11 is 6.07. The van der Waals surface area contributed by atoms with Crippen LogP contribution in [0, 0.1) is 0 Å². The van der Waals surface area contributed by atoms with Crippen molar-refractivity contribution in [3.63, 3.8) is 0 Å². The smallest absolute Gasteiger partial charge is 0.123 e. The molecule has 0 aromatic heterocycles. The lowest BCUT2D eigenvalue weighted by Crippen LogP contribution is -2.35. The van der Waals surface area contributed by atoms with Gasteiger partial charge in [-0.2, -0.15) is 0 Å². The van der Waals surface area contributed by atoms with Crippen LogP contribution in [0.5, 0.6) is 5.75 Å². The largest absolute Gasteiger partial charge is 0.493 e. The fraction of sp³-hybridized carbons (Fsp3) is 0.625. The van der Waals surface area contributed by atoms with Gasteiger partial charge < -0.3 is 14.8 Å². The van der Waals surface area contributed by atoms with Gasteiger partial charge in [0.05, 0.1) is 6.61 Å². The SMILES string of the molecule is CCOCCCOc1ccc(Cl)cc1CNC(C)(C)C. The van der Waals surface area contributed by atoms with Gasteiger partial charge in [0, 0.05) is 42.3 Å². The summed E-state index contributed by atoms with van der Waals surface area (Å²) < 4.78 is 11.1. The molecule has 4 heteroatoms. The van der Waals surface area contributed by atoms with Crippen LogP contribution in [0.1, 0.15) is 39.7 Å². The first-order valence-electron chi connectivity index (χ1n) is 7.16. The summed E-state index contributed by atoms with van der Waals surface area (Å²) in [6.45, 7) is 11.3. The first-order valence-corrected chi connectivity index (χ1v) is 7.54. The molecule has 0 saturated carbocycles. The fourth-order valence-electron chi connectivity index (χ4n) is 1.67. The second kappa shape index (κ2) is 8.50. The van der Waals surface area contributed by atoms with E-state index >= 15 is 0 Å². The van der Waals surface area contributed by atoms with E-state index in [1.165, 1.54) is 0 Å². The molecule has 0 fully saturated rings. The molecule has 0 aliphatic heterocycles. The van der Waals surface area contributed by atoms with Gasteiger partial charge in [0.2, 0.25) is 0 Å². The number of ether oxygens (including phenoxy) is 2. The van der Waals surface area contributed by atoms with Crippen LogP contribution in [-0.2, 0) is 11.3 Å². The maximum absolute atomic E-state index is 6.07. The summed E-state index contributed by atoms with van der Waals surface area (Å²) in [5.41, 5.74) is 1.15. The average molecular weight is 300 g/mol. The minimum absolute atomic E-state index is 0.0640. The molecule has 114 valence electrons. The Balaban J connectivity index is 2.56. The van der Waals surface area contributed by atoms with E-state index in [2.05, 4.69) is 26.1 Å². The van der Waals surface area contributed by atoms with E-state index in [4.69, 9.17) is 21.1 Å². The van der Waals surface area contributed by atoms with Gasteiger partial charge in [0.1, 0.15) is 5.75 Å². The Morgan fingerprint density at radius 3 is 2.60 bits per heavy atom. The Morgan fingerprint density at radius 2 is 1.95 bits per heavy atom. The number of hydrogen-bond donors (Lipinski definition) is 1. The molecule has 0 spiro atoms. The van der Waals surface area contributed by atoms with Crippen molar-refractivity contribution in [2.24, 2.45) is 0 Å². The van der Waals surface area contributed by atoms with Gasteiger partial charge in [-0.1, -0.05) is 11.6 Å². The Hall–Kier alpha value is -0.770. The second-order valence-electron chi connectivity index (χ2n) is 5.75. The van der Waals surface area contributed by atoms with Crippen LogP contribution in [0.4, 0.5) is 0 Å². The highest BCUT2D eigenvalue weighted by Gasteiger charge is 2.11. The third kappa shape index (κ3) is 7.13. The molecule has 0 heterocycles. The van der Waals surface area contributed by atoms with Crippen molar-refractivity contribution in [1.29, 1.82) is 0 Å². The molecule has 20 heavy (non-hydrogen) atoms. The van der Waals surface area contributed by atoms with Crippen molar-refractivity contribution in [1.82, 2.24) is 5.32 Å². The molecule has 0 bridgehead atoms. The number of rotatable bonds is 8. The van der Waals surface area contributed by atoms with Crippen LogP contribution in [0.3, 0.4) is 0 Å². The van der Waals surface area contributed by atoms with Gasteiger partial charge in [-0.15, -0.1) is 0 Å². The molecular weight excluding hydrogens is 274 g/mol. The van der Waals surface area contributed by atoms with Gasteiger partial charge in [-0.3, -0.25) is 0 Å². The summed E-state index contributed by atoms with van der Waals surface area (Å²) in [4.78, 5) is 0. The Kier molecular flexibility index (Phi) is 7.35. The number of nitrogens with one attached hydrogen (secondary N) is 1. The quantitative estimate of drug-likeness (QED) is 0.735. The van der Waals surface area contributed by atoms with Gasteiger partial charge in [0.15, 0.2) is 0 Å². The molecule has 0 saturated heterocycles. The molecule has 0 unspecified atom stereocenters. The van der Waals surface area contributed by atoms with E-state index in [0.29, 0.717) is 6.61 Å². The van der Waals surface area contributed by atoms with Crippen molar-refractivity contribution in [2.75, 3.05) is 19.8 Å². The molecule has 0 aliphatic carbocycles. The standard InChI is InChI=1S/C16H26ClNO2/c1-5-19-9-6-10-20-15-8-7-14(17)11-13(15)12-18-16(2,3)4/h7-8,11,18H,5-6,9-10,12H2,1-4H3. The van der Waals surface area contributed by atoms with Crippen molar-refractivity contribution >= 4 is 11.6 Å².